The quantitative estimate of drug-likeness (QED) is 0.220. The van der Waals surface area contributed by atoms with E-state index in [1.165, 1.54) is 11.1 Å². The van der Waals surface area contributed by atoms with Crippen LogP contribution in [0.25, 0.3) is 11.0 Å². The van der Waals surface area contributed by atoms with Crippen LogP contribution in [0.4, 0.5) is 0 Å². The molecule has 0 radical (unpaired) electrons. The van der Waals surface area contributed by atoms with Crippen molar-refractivity contribution in [2.45, 2.75) is 46.1 Å². The fourth-order valence-corrected chi connectivity index (χ4v) is 4.35. The van der Waals surface area contributed by atoms with E-state index < -0.39 is 0 Å². The van der Waals surface area contributed by atoms with Crippen molar-refractivity contribution in [2.24, 2.45) is 0 Å². The summed E-state index contributed by atoms with van der Waals surface area (Å²) >= 11 is 3.40. The molecule has 0 saturated carbocycles. The lowest BCUT2D eigenvalue weighted by molar-refractivity contribution is 0.0953. The van der Waals surface area contributed by atoms with Crippen LogP contribution >= 0.6 is 15.9 Å². The number of hydrogen-bond donors (Lipinski definition) is 1. The van der Waals surface area contributed by atoms with Crippen molar-refractivity contribution in [1.82, 2.24) is 14.9 Å². The van der Waals surface area contributed by atoms with Crippen molar-refractivity contribution in [3.8, 4) is 5.75 Å². The van der Waals surface area contributed by atoms with Crippen LogP contribution in [0.3, 0.4) is 0 Å². The Kier molecular flexibility index (Phi) is 8.59. The van der Waals surface area contributed by atoms with Gasteiger partial charge in [0.25, 0.3) is 5.91 Å². The van der Waals surface area contributed by atoms with Crippen molar-refractivity contribution >= 4 is 32.9 Å². The Morgan fingerprint density at radius 2 is 1.77 bits per heavy atom. The zero-order chi connectivity index (χ0) is 24.6. The molecule has 1 N–H and O–H groups in total. The summed E-state index contributed by atoms with van der Waals surface area (Å²) in [6.07, 6.45) is 3.64. The maximum Gasteiger partial charge on any atom is 0.251 e. The first kappa shape index (κ1) is 25.0. The van der Waals surface area contributed by atoms with E-state index in [-0.39, 0.29) is 5.91 Å². The lowest BCUT2D eigenvalue weighted by Crippen LogP contribution is -2.25. The summed E-state index contributed by atoms with van der Waals surface area (Å²) in [6.45, 7) is 6.44. The molecule has 0 aliphatic heterocycles. The highest BCUT2D eigenvalue weighted by atomic mass is 79.9. The monoisotopic (exact) mass is 533 g/mol. The fraction of sp³-hybridized carbons (Fsp3) is 0.310. The van der Waals surface area contributed by atoms with Crippen molar-refractivity contribution in [3.05, 3.63) is 93.7 Å². The van der Waals surface area contributed by atoms with Crippen molar-refractivity contribution in [1.29, 1.82) is 0 Å². The van der Waals surface area contributed by atoms with Gasteiger partial charge < -0.3 is 14.6 Å². The number of hydrogen-bond acceptors (Lipinski definition) is 3. The molecule has 0 atom stereocenters. The van der Waals surface area contributed by atoms with Crippen LogP contribution in [0.2, 0.25) is 0 Å². The van der Waals surface area contributed by atoms with Crippen molar-refractivity contribution in [3.63, 3.8) is 0 Å². The molecule has 0 aliphatic rings. The van der Waals surface area contributed by atoms with E-state index in [0.29, 0.717) is 18.7 Å². The lowest BCUT2D eigenvalue weighted by atomic mass is 10.1. The smallest absolute Gasteiger partial charge is 0.251 e. The molecule has 3 aromatic carbocycles. The van der Waals surface area contributed by atoms with Gasteiger partial charge in [-0.2, -0.15) is 0 Å². The van der Waals surface area contributed by atoms with Gasteiger partial charge in [-0.1, -0.05) is 34.1 Å². The molecule has 0 fully saturated rings. The van der Waals surface area contributed by atoms with Crippen LogP contribution in [-0.4, -0.2) is 28.6 Å². The average Bonchev–Trinajstić information content (AvgIpc) is 3.21. The number of aromatic nitrogens is 2. The van der Waals surface area contributed by atoms with Crippen LogP contribution in [0, 0.1) is 13.8 Å². The van der Waals surface area contributed by atoms with E-state index in [1.54, 1.807) is 0 Å². The van der Waals surface area contributed by atoms with Gasteiger partial charge in [-0.15, -0.1) is 0 Å². The van der Waals surface area contributed by atoms with Gasteiger partial charge in [0.2, 0.25) is 0 Å². The maximum atomic E-state index is 12.4. The van der Waals surface area contributed by atoms with Gasteiger partial charge in [0, 0.05) is 29.5 Å². The minimum Gasteiger partial charge on any atom is -0.494 e. The molecule has 0 saturated heterocycles. The third kappa shape index (κ3) is 6.73. The lowest BCUT2D eigenvalue weighted by Gasteiger charge is -2.11. The molecule has 35 heavy (non-hydrogen) atoms. The van der Waals surface area contributed by atoms with Crippen LogP contribution < -0.4 is 10.1 Å². The summed E-state index contributed by atoms with van der Waals surface area (Å²) < 4.78 is 9.24. The summed E-state index contributed by atoms with van der Waals surface area (Å²) in [5, 5.41) is 3.02. The number of amides is 1. The summed E-state index contributed by atoms with van der Waals surface area (Å²) in [4.78, 5) is 17.2. The number of benzene rings is 3. The van der Waals surface area contributed by atoms with Gasteiger partial charge in [-0.3, -0.25) is 4.79 Å². The van der Waals surface area contributed by atoms with E-state index in [0.717, 1.165) is 59.3 Å². The fourth-order valence-electron chi connectivity index (χ4n) is 4.08. The van der Waals surface area contributed by atoms with Crippen LogP contribution in [0.15, 0.2) is 71.2 Å². The number of nitrogens with zero attached hydrogens (tertiary/aromatic N) is 2. The Morgan fingerprint density at radius 1 is 0.971 bits per heavy atom. The molecular formula is C29H32BrN3O2. The molecule has 0 bridgehead atoms. The maximum absolute atomic E-state index is 12.4. The predicted molar refractivity (Wildman–Crippen MR) is 145 cm³/mol. The molecule has 0 unspecified atom stereocenters. The van der Waals surface area contributed by atoms with Crippen LogP contribution in [0.1, 0.15) is 46.6 Å². The Morgan fingerprint density at radius 3 is 2.57 bits per heavy atom. The molecule has 1 aromatic heterocycles. The first-order chi connectivity index (χ1) is 17.0. The second-order valence-corrected chi connectivity index (χ2v) is 9.75. The Balaban J connectivity index is 1.28. The molecule has 0 spiro atoms. The first-order valence-electron chi connectivity index (χ1n) is 12.2. The summed E-state index contributed by atoms with van der Waals surface area (Å²) in [7, 11) is 0. The van der Waals surface area contributed by atoms with E-state index >= 15 is 0 Å². The number of aryl methyl sites for hydroxylation is 4. The molecule has 182 valence electrons. The topological polar surface area (TPSA) is 56.1 Å². The van der Waals surface area contributed by atoms with Crippen molar-refractivity contribution in [2.75, 3.05) is 13.2 Å². The zero-order valence-electron chi connectivity index (χ0n) is 20.4. The van der Waals surface area contributed by atoms with E-state index in [4.69, 9.17) is 9.72 Å². The Bertz CT molecular complexity index is 1280. The molecule has 1 heterocycles. The number of unbranched alkanes of at least 4 members (excludes halogenated alkanes) is 1. The second kappa shape index (κ2) is 12.0. The van der Waals surface area contributed by atoms with Crippen LogP contribution in [-0.2, 0) is 13.0 Å². The predicted octanol–water partition coefficient (Wildman–Crippen LogP) is 6.64. The first-order valence-corrected chi connectivity index (χ1v) is 13.0. The number of carbonyl (C=O) groups excluding carboxylic acids is 1. The summed E-state index contributed by atoms with van der Waals surface area (Å²) in [6, 6.07) is 21.9. The van der Waals surface area contributed by atoms with Gasteiger partial charge in [0.1, 0.15) is 11.6 Å². The number of ether oxygens (including phenoxy) is 1. The van der Waals surface area contributed by atoms with Gasteiger partial charge in [0.15, 0.2) is 0 Å². The minimum atomic E-state index is -0.0465. The highest BCUT2D eigenvalue weighted by Crippen LogP contribution is 2.19. The van der Waals surface area contributed by atoms with Gasteiger partial charge in [0.05, 0.1) is 17.6 Å². The number of fused-ring (bicyclic) bond motifs is 1. The van der Waals surface area contributed by atoms with E-state index in [2.05, 4.69) is 70.0 Å². The van der Waals surface area contributed by atoms with Gasteiger partial charge >= 0.3 is 0 Å². The third-order valence-electron chi connectivity index (χ3n) is 6.23. The minimum absolute atomic E-state index is 0.0465. The summed E-state index contributed by atoms with van der Waals surface area (Å²) in [5.41, 5.74) is 5.39. The number of para-hydroxylation sites is 2. The largest absolute Gasteiger partial charge is 0.494 e. The molecular weight excluding hydrogens is 502 g/mol. The highest BCUT2D eigenvalue weighted by molar-refractivity contribution is 9.10. The number of rotatable bonds is 11. The second-order valence-electron chi connectivity index (χ2n) is 8.84. The zero-order valence-corrected chi connectivity index (χ0v) is 22.0. The summed E-state index contributed by atoms with van der Waals surface area (Å²) in [5.74, 6) is 1.96. The highest BCUT2D eigenvalue weighted by Gasteiger charge is 2.11. The van der Waals surface area contributed by atoms with Crippen molar-refractivity contribution < 1.29 is 9.53 Å². The number of carbonyl (C=O) groups is 1. The van der Waals surface area contributed by atoms with E-state index in [1.807, 2.05) is 36.4 Å². The van der Waals surface area contributed by atoms with Crippen LogP contribution in [0.5, 0.6) is 5.75 Å². The van der Waals surface area contributed by atoms with Gasteiger partial charge in [-0.25, -0.2) is 4.98 Å². The molecule has 0 aliphatic carbocycles. The Hall–Kier alpha value is -3.12. The molecule has 5 nitrogen and oxygen atoms in total. The van der Waals surface area contributed by atoms with Gasteiger partial charge in [-0.05, 0) is 92.8 Å². The molecule has 4 rings (SSSR count). The number of halogens is 1. The van der Waals surface area contributed by atoms with E-state index in [9.17, 15) is 4.79 Å². The third-order valence-corrected chi connectivity index (χ3v) is 6.75. The SMILES string of the molecule is Cc1ccc(OCCCCn2c(CCCNC(=O)c3ccc(Br)cc3)nc3ccccc32)cc1C. The molecule has 4 aromatic rings. The molecule has 1 amide bonds. The standard InChI is InChI=1S/C29H32BrN3O2/c1-21-11-16-25(20-22(21)2)35-19-6-5-18-33-27-9-4-3-8-26(27)32-28(33)10-7-17-31-29(34)23-12-14-24(30)15-13-23/h3-4,8-9,11-16,20H,5-7,10,17-19H2,1-2H3,(H,31,34). The molecule has 6 heteroatoms. The number of nitrogens with one attached hydrogen (secondary N) is 1. The Labute approximate surface area is 215 Å². The normalized spacial score (nSPS) is 11.1. The average molecular weight is 534 g/mol. The number of imidazole rings is 1.